The van der Waals surface area contributed by atoms with Gasteiger partial charge in [-0.05, 0) is 43.2 Å². The molecule has 0 bridgehead atoms. The summed E-state index contributed by atoms with van der Waals surface area (Å²) in [6, 6.07) is 0. The van der Waals surface area contributed by atoms with Crippen molar-refractivity contribution in [3.63, 3.8) is 0 Å². The van der Waals surface area contributed by atoms with Crippen LogP contribution in [0, 0.1) is 17.3 Å². The predicted molar refractivity (Wildman–Crippen MR) is 85.6 cm³/mol. The molecule has 2 atom stereocenters. The normalized spacial score (nSPS) is 24.0. The van der Waals surface area contributed by atoms with Gasteiger partial charge in [-0.1, -0.05) is 47.5 Å². The van der Waals surface area contributed by atoms with Gasteiger partial charge in [0.1, 0.15) is 0 Å². The maximum atomic E-state index is 3.68. The van der Waals surface area contributed by atoms with Crippen LogP contribution >= 0.6 is 0 Å². The van der Waals surface area contributed by atoms with Crippen molar-refractivity contribution in [2.45, 2.75) is 60.3 Å². The van der Waals surface area contributed by atoms with Gasteiger partial charge < -0.3 is 10.2 Å². The van der Waals surface area contributed by atoms with Crippen molar-refractivity contribution < 1.29 is 0 Å². The Morgan fingerprint density at radius 2 is 2.05 bits per heavy atom. The second-order valence-electron chi connectivity index (χ2n) is 7.38. The predicted octanol–water partition coefficient (Wildman–Crippen LogP) is 3.77. The first-order valence-corrected chi connectivity index (χ1v) is 8.42. The van der Waals surface area contributed by atoms with Crippen LogP contribution in [-0.4, -0.2) is 37.6 Å². The van der Waals surface area contributed by atoms with Crippen LogP contribution in [-0.2, 0) is 0 Å². The summed E-state index contributed by atoms with van der Waals surface area (Å²) in [6.45, 7) is 18.0. The molecular weight excluding hydrogens is 232 g/mol. The van der Waals surface area contributed by atoms with E-state index in [0.29, 0.717) is 5.41 Å². The second kappa shape index (κ2) is 8.26. The Morgan fingerprint density at radius 1 is 1.32 bits per heavy atom. The zero-order chi connectivity index (χ0) is 14.3. The number of nitrogens with zero attached hydrogens (tertiary/aromatic N) is 1. The number of rotatable bonds is 9. The lowest BCUT2D eigenvalue weighted by Crippen LogP contribution is -2.42. The maximum Gasteiger partial charge on any atom is 0.00476 e. The summed E-state index contributed by atoms with van der Waals surface area (Å²) in [5, 5.41) is 3.68. The zero-order valence-electron chi connectivity index (χ0n) is 14.0. The first kappa shape index (κ1) is 17.0. The van der Waals surface area contributed by atoms with E-state index in [2.05, 4.69) is 44.8 Å². The molecule has 114 valence electrons. The van der Waals surface area contributed by atoms with Gasteiger partial charge in [0.25, 0.3) is 0 Å². The van der Waals surface area contributed by atoms with Crippen LogP contribution in [0.2, 0.25) is 0 Å². The van der Waals surface area contributed by atoms with E-state index in [1.165, 1.54) is 51.9 Å². The van der Waals surface area contributed by atoms with Crippen LogP contribution in [0.25, 0.3) is 0 Å². The molecule has 1 aliphatic rings. The zero-order valence-corrected chi connectivity index (χ0v) is 14.0. The Bertz CT molecular complexity index is 239. The first-order chi connectivity index (χ1) is 8.99. The highest BCUT2D eigenvalue weighted by molar-refractivity contribution is 4.84. The molecule has 1 fully saturated rings. The molecule has 0 amide bonds. The Labute approximate surface area is 121 Å². The van der Waals surface area contributed by atoms with Gasteiger partial charge >= 0.3 is 0 Å². The molecule has 1 N–H and O–H groups in total. The van der Waals surface area contributed by atoms with Gasteiger partial charge in [-0.2, -0.15) is 0 Å². The van der Waals surface area contributed by atoms with E-state index < -0.39 is 0 Å². The van der Waals surface area contributed by atoms with Crippen LogP contribution in [0.1, 0.15) is 60.3 Å². The smallest absolute Gasteiger partial charge is 0.00476 e. The highest BCUT2D eigenvalue weighted by Gasteiger charge is 2.29. The molecule has 1 saturated heterocycles. The van der Waals surface area contributed by atoms with E-state index in [4.69, 9.17) is 0 Å². The maximum absolute atomic E-state index is 3.68. The molecule has 0 spiro atoms. The van der Waals surface area contributed by atoms with Crippen molar-refractivity contribution >= 4 is 0 Å². The lowest BCUT2D eigenvalue weighted by Gasteiger charge is -2.34. The minimum atomic E-state index is 0.451. The van der Waals surface area contributed by atoms with Crippen LogP contribution < -0.4 is 5.32 Å². The minimum Gasteiger partial charge on any atom is -0.316 e. The van der Waals surface area contributed by atoms with Gasteiger partial charge in [0.05, 0.1) is 0 Å². The Hall–Kier alpha value is -0.0800. The molecule has 2 unspecified atom stereocenters. The third-order valence-corrected chi connectivity index (χ3v) is 4.51. The fourth-order valence-electron chi connectivity index (χ4n) is 3.42. The third-order valence-electron chi connectivity index (χ3n) is 4.51. The summed E-state index contributed by atoms with van der Waals surface area (Å²) < 4.78 is 0. The van der Waals surface area contributed by atoms with Gasteiger partial charge in [-0.25, -0.2) is 0 Å². The van der Waals surface area contributed by atoms with E-state index >= 15 is 0 Å². The molecule has 2 nitrogen and oxygen atoms in total. The van der Waals surface area contributed by atoms with E-state index in [9.17, 15) is 0 Å². The summed E-state index contributed by atoms with van der Waals surface area (Å²) in [6.07, 6.45) is 5.40. The molecule has 0 saturated carbocycles. The SMILES string of the molecule is CCCC(C)(CNCC(C)C)CN1CCC(CC)C1. The first-order valence-electron chi connectivity index (χ1n) is 8.42. The van der Waals surface area contributed by atoms with Crippen LogP contribution in [0.5, 0.6) is 0 Å². The number of hydrogen-bond donors (Lipinski definition) is 1. The molecular formula is C17H36N2. The van der Waals surface area contributed by atoms with Gasteiger partial charge in [0, 0.05) is 19.6 Å². The van der Waals surface area contributed by atoms with Crippen molar-refractivity contribution in [2.75, 3.05) is 32.7 Å². The molecule has 0 radical (unpaired) electrons. The quantitative estimate of drug-likeness (QED) is 0.685. The molecule has 0 aliphatic carbocycles. The van der Waals surface area contributed by atoms with E-state index in [1.54, 1.807) is 0 Å². The molecule has 2 heteroatoms. The number of nitrogens with one attached hydrogen (secondary N) is 1. The molecule has 19 heavy (non-hydrogen) atoms. The fourth-order valence-corrected chi connectivity index (χ4v) is 3.42. The Morgan fingerprint density at radius 3 is 2.58 bits per heavy atom. The van der Waals surface area contributed by atoms with Crippen molar-refractivity contribution in [2.24, 2.45) is 17.3 Å². The second-order valence-corrected chi connectivity index (χ2v) is 7.38. The van der Waals surface area contributed by atoms with Gasteiger partial charge in [0.15, 0.2) is 0 Å². The highest BCUT2D eigenvalue weighted by atomic mass is 15.2. The standard InChI is InChI=1S/C17H36N2/c1-6-9-17(5,13-18-11-15(3)4)14-19-10-8-16(7-2)12-19/h15-16,18H,6-14H2,1-5H3. The van der Waals surface area contributed by atoms with Crippen LogP contribution in [0.4, 0.5) is 0 Å². The molecule has 1 aliphatic heterocycles. The summed E-state index contributed by atoms with van der Waals surface area (Å²) in [4.78, 5) is 2.71. The summed E-state index contributed by atoms with van der Waals surface area (Å²) >= 11 is 0. The Balaban J connectivity index is 2.41. The average Bonchev–Trinajstić information content (AvgIpc) is 2.76. The lowest BCUT2D eigenvalue weighted by atomic mass is 9.84. The topological polar surface area (TPSA) is 15.3 Å². The van der Waals surface area contributed by atoms with Gasteiger partial charge in [-0.3, -0.25) is 0 Å². The molecule has 0 aromatic carbocycles. The fraction of sp³-hybridized carbons (Fsp3) is 1.00. The number of hydrogen-bond acceptors (Lipinski definition) is 2. The average molecular weight is 268 g/mol. The molecule has 0 aromatic rings. The molecule has 1 rings (SSSR count). The van der Waals surface area contributed by atoms with Gasteiger partial charge in [0.2, 0.25) is 0 Å². The number of likely N-dealkylation sites (tertiary alicyclic amines) is 1. The van der Waals surface area contributed by atoms with Crippen molar-refractivity contribution in [1.29, 1.82) is 0 Å². The lowest BCUT2D eigenvalue weighted by molar-refractivity contribution is 0.167. The monoisotopic (exact) mass is 268 g/mol. The van der Waals surface area contributed by atoms with E-state index in [1.807, 2.05) is 0 Å². The van der Waals surface area contributed by atoms with Crippen molar-refractivity contribution in [3.05, 3.63) is 0 Å². The molecule has 0 aromatic heterocycles. The van der Waals surface area contributed by atoms with Crippen LogP contribution in [0.3, 0.4) is 0 Å². The largest absolute Gasteiger partial charge is 0.316 e. The van der Waals surface area contributed by atoms with E-state index in [-0.39, 0.29) is 0 Å². The minimum absolute atomic E-state index is 0.451. The summed E-state index contributed by atoms with van der Waals surface area (Å²) in [5.41, 5.74) is 0.451. The highest BCUT2D eigenvalue weighted by Crippen LogP contribution is 2.28. The van der Waals surface area contributed by atoms with Crippen molar-refractivity contribution in [1.82, 2.24) is 10.2 Å². The molecule has 1 heterocycles. The van der Waals surface area contributed by atoms with Crippen molar-refractivity contribution in [3.8, 4) is 0 Å². The Kier molecular flexibility index (Phi) is 7.38. The van der Waals surface area contributed by atoms with Gasteiger partial charge in [-0.15, -0.1) is 0 Å². The summed E-state index contributed by atoms with van der Waals surface area (Å²) in [5.74, 6) is 1.71. The third kappa shape index (κ3) is 6.27. The van der Waals surface area contributed by atoms with Crippen LogP contribution in [0.15, 0.2) is 0 Å². The van der Waals surface area contributed by atoms with E-state index in [0.717, 1.165) is 18.4 Å². The summed E-state index contributed by atoms with van der Waals surface area (Å²) in [7, 11) is 0.